The quantitative estimate of drug-likeness (QED) is 0.0820. The molecule has 4 atom stereocenters. The summed E-state index contributed by atoms with van der Waals surface area (Å²) in [6, 6.07) is 8.01. The molecule has 0 fully saturated rings. The Bertz CT molecular complexity index is 1650. The summed E-state index contributed by atoms with van der Waals surface area (Å²) in [6.45, 7) is 0. The van der Waals surface area contributed by atoms with Crippen LogP contribution in [0.3, 0.4) is 0 Å². The molecule has 0 aliphatic carbocycles. The molecule has 11 N–H and O–H groups in total. The van der Waals surface area contributed by atoms with Gasteiger partial charge in [-0.05, 0) is 29.3 Å². The molecule has 0 saturated heterocycles. The van der Waals surface area contributed by atoms with Crippen LogP contribution in [0.25, 0.3) is 10.9 Å². The van der Waals surface area contributed by atoms with Gasteiger partial charge in [0.2, 0.25) is 23.6 Å². The molecule has 0 radical (unpaired) electrons. The SMILES string of the molecule is NC(=O)CC(N)C(=O)NC(Cc1c[nH]c2ccccc12)C(=O)NC(Cc1ccc(O)cc1)C(=O)NC(Cc1cnc[nH]1)C(=O)O. The first-order chi connectivity index (χ1) is 21.5. The van der Waals surface area contributed by atoms with Crippen molar-refractivity contribution in [1.82, 2.24) is 30.9 Å². The Balaban J connectivity index is 1.60. The van der Waals surface area contributed by atoms with E-state index in [0.29, 0.717) is 16.8 Å². The topological polar surface area (TPSA) is 258 Å². The minimum atomic E-state index is -1.36. The summed E-state index contributed by atoms with van der Waals surface area (Å²) in [5.41, 5.74) is 13.5. The van der Waals surface area contributed by atoms with E-state index in [1.165, 1.54) is 24.7 Å². The molecule has 0 aliphatic rings. The molecule has 2 aromatic heterocycles. The number of imidazole rings is 1. The average molecular weight is 619 g/mol. The van der Waals surface area contributed by atoms with Crippen LogP contribution in [0.15, 0.2) is 67.3 Å². The number of benzene rings is 2. The summed E-state index contributed by atoms with van der Waals surface area (Å²) in [4.78, 5) is 73.3. The lowest BCUT2D eigenvalue weighted by Crippen LogP contribution is -2.58. The standard InChI is InChI=1S/C30H34N8O7/c31-21(12-26(32)40)27(41)36-24(10-17-13-34-22-4-2-1-3-20(17)22)29(43)37-23(9-16-5-7-19(39)8-6-16)28(42)38-25(30(44)45)11-18-14-33-15-35-18/h1-8,13-15,21,23-25,34,39H,9-12,31H2,(H2,32,40)(H,33,35)(H,36,41)(H,37,43)(H,38,42)(H,44,45). The number of aromatic amines is 2. The number of carboxylic acid groups (broad SMARTS) is 1. The van der Waals surface area contributed by atoms with Gasteiger partial charge >= 0.3 is 5.97 Å². The summed E-state index contributed by atoms with van der Waals surface area (Å²) in [5, 5.41) is 27.9. The molecule has 2 aromatic carbocycles. The van der Waals surface area contributed by atoms with E-state index in [0.717, 1.165) is 10.9 Å². The van der Waals surface area contributed by atoms with Crippen molar-refractivity contribution < 1.29 is 34.2 Å². The van der Waals surface area contributed by atoms with E-state index in [9.17, 15) is 34.2 Å². The minimum absolute atomic E-state index is 0.0110. The molecule has 236 valence electrons. The van der Waals surface area contributed by atoms with Gasteiger partial charge in [0, 0.05) is 48.3 Å². The van der Waals surface area contributed by atoms with Gasteiger partial charge in [-0.25, -0.2) is 9.78 Å². The maximum Gasteiger partial charge on any atom is 0.326 e. The zero-order valence-electron chi connectivity index (χ0n) is 24.0. The lowest BCUT2D eigenvalue weighted by Gasteiger charge is -2.25. The molecule has 45 heavy (non-hydrogen) atoms. The Morgan fingerprint density at radius 1 is 0.822 bits per heavy atom. The number of amides is 4. The van der Waals surface area contributed by atoms with Gasteiger partial charge in [0.25, 0.3) is 0 Å². The molecule has 0 aliphatic heterocycles. The predicted octanol–water partition coefficient (Wildman–Crippen LogP) is -0.634. The van der Waals surface area contributed by atoms with E-state index < -0.39 is 60.2 Å². The number of carbonyl (C=O) groups excluding carboxylic acids is 4. The second kappa shape index (κ2) is 14.7. The van der Waals surface area contributed by atoms with Gasteiger partial charge in [0.1, 0.15) is 23.9 Å². The van der Waals surface area contributed by atoms with E-state index in [4.69, 9.17) is 11.5 Å². The van der Waals surface area contributed by atoms with Crippen molar-refractivity contribution in [2.45, 2.75) is 49.9 Å². The second-order valence-corrected chi connectivity index (χ2v) is 10.5. The number of phenolic OH excluding ortho intramolecular Hbond substituents is 1. The number of rotatable bonds is 15. The van der Waals surface area contributed by atoms with Crippen molar-refractivity contribution >= 4 is 40.5 Å². The molecule has 4 rings (SSSR count). The van der Waals surface area contributed by atoms with Crippen LogP contribution in [0.4, 0.5) is 0 Å². The number of hydrogen-bond donors (Lipinski definition) is 9. The molecule has 4 amide bonds. The number of nitrogens with one attached hydrogen (secondary N) is 5. The summed E-state index contributed by atoms with van der Waals surface area (Å²) in [7, 11) is 0. The molecular formula is C30H34N8O7. The van der Waals surface area contributed by atoms with Crippen LogP contribution in [0.5, 0.6) is 5.75 Å². The lowest BCUT2D eigenvalue weighted by molar-refractivity contribution is -0.142. The van der Waals surface area contributed by atoms with Crippen molar-refractivity contribution in [3.05, 3.63) is 84.1 Å². The summed E-state index contributed by atoms with van der Waals surface area (Å²) >= 11 is 0. The van der Waals surface area contributed by atoms with Gasteiger partial charge in [0.05, 0.1) is 18.8 Å². The molecule has 2 heterocycles. The zero-order valence-corrected chi connectivity index (χ0v) is 24.0. The van der Waals surface area contributed by atoms with E-state index in [-0.39, 0.29) is 25.0 Å². The maximum atomic E-state index is 13.8. The number of carbonyl (C=O) groups is 5. The van der Waals surface area contributed by atoms with Gasteiger partial charge in [-0.1, -0.05) is 30.3 Å². The molecule has 15 heteroatoms. The number of primary amides is 1. The number of phenols is 1. The maximum absolute atomic E-state index is 13.8. The monoisotopic (exact) mass is 618 g/mol. The number of aromatic nitrogens is 3. The summed E-state index contributed by atoms with van der Waals surface area (Å²) < 4.78 is 0. The Hall–Kier alpha value is -5.70. The van der Waals surface area contributed by atoms with E-state index >= 15 is 0 Å². The molecule has 4 unspecified atom stereocenters. The highest BCUT2D eigenvalue weighted by Gasteiger charge is 2.31. The molecule has 15 nitrogen and oxygen atoms in total. The van der Waals surface area contributed by atoms with Crippen molar-refractivity contribution in [3.8, 4) is 5.75 Å². The third kappa shape index (κ3) is 8.90. The second-order valence-electron chi connectivity index (χ2n) is 10.5. The molecule has 0 spiro atoms. The molecule has 4 aromatic rings. The van der Waals surface area contributed by atoms with Crippen LogP contribution in [-0.2, 0) is 43.2 Å². The minimum Gasteiger partial charge on any atom is -0.508 e. The van der Waals surface area contributed by atoms with E-state index in [1.807, 2.05) is 24.3 Å². The normalized spacial score (nSPS) is 13.7. The lowest BCUT2D eigenvalue weighted by atomic mass is 10.0. The largest absolute Gasteiger partial charge is 0.508 e. The highest BCUT2D eigenvalue weighted by Crippen LogP contribution is 2.20. The average Bonchev–Trinajstić information content (AvgIpc) is 3.66. The number of hydrogen-bond acceptors (Lipinski definition) is 8. The van der Waals surface area contributed by atoms with Crippen LogP contribution in [-0.4, -0.2) is 78.9 Å². The van der Waals surface area contributed by atoms with E-state index in [2.05, 4.69) is 30.9 Å². The third-order valence-electron chi connectivity index (χ3n) is 7.09. The molecule has 0 saturated carbocycles. The Kier molecular flexibility index (Phi) is 10.5. The van der Waals surface area contributed by atoms with Crippen LogP contribution in [0, 0.1) is 0 Å². The fourth-order valence-corrected chi connectivity index (χ4v) is 4.76. The third-order valence-corrected chi connectivity index (χ3v) is 7.09. The van der Waals surface area contributed by atoms with Crippen LogP contribution < -0.4 is 27.4 Å². The number of nitrogens with two attached hydrogens (primary N) is 2. The summed E-state index contributed by atoms with van der Waals surface area (Å²) in [5.74, 6) is -4.49. The van der Waals surface area contributed by atoms with Gasteiger partial charge in [0.15, 0.2) is 0 Å². The highest BCUT2D eigenvalue weighted by molar-refractivity contribution is 5.96. The Labute approximate surface area is 256 Å². The smallest absolute Gasteiger partial charge is 0.326 e. The van der Waals surface area contributed by atoms with Gasteiger partial charge in [-0.2, -0.15) is 0 Å². The molecule has 0 bridgehead atoms. The highest BCUT2D eigenvalue weighted by atomic mass is 16.4. The number of carboxylic acids is 1. The first kappa shape index (κ1) is 32.2. The van der Waals surface area contributed by atoms with Crippen molar-refractivity contribution in [1.29, 1.82) is 0 Å². The van der Waals surface area contributed by atoms with Crippen molar-refractivity contribution in [2.75, 3.05) is 0 Å². The van der Waals surface area contributed by atoms with Crippen LogP contribution in [0.1, 0.15) is 23.2 Å². The number of aliphatic carboxylic acids is 1. The Morgan fingerprint density at radius 2 is 1.47 bits per heavy atom. The van der Waals surface area contributed by atoms with Crippen LogP contribution in [0.2, 0.25) is 0 Å². The predicted molar refractivity (Wildman–Crippen MR) is 161 cm³/mol. The number of H-pyrrole nitrogens is 2. The Morgan fingerprint density at radius 3 is 2.11 bits per heavy atom. The number of para-hydroxylation sites is 1. The van der Waals surface area contributed by atoms with Gasteiger partial charge in [-0.3, -0.25) is 19.2 Å². The number of fused-ring (bicyclic) bond motifs is 1. The molecular weight excluding hydrogens is 584 g/mol. The number of nitrogens with zero attached hydrogens (tertiary/aromatic N) is 1. The first-order valence-electron chi connectivity index (χ1n) is 14.0. The van der Waals surface area contributed by atoms with Crippen molar-refractivity contribution in [2.24, 2.45) is 11.5 Å². The fraction of sp³-hybridized carbons (Fsp3) is 0.267. The van der Waals surface area contributed by atoms with E-state index in [1.54, 1.807) is 18.3 Å². The van der Waals surface area contributed by atoms with Gasteiger partial charge < -0.3 is 47.6 Å². The van der Waals surface area contributed by atoms with Gasteiger partial charge in [-0.15, -0.1) is 0 Å². The first-order valence-corrected chi connectivity index (χ1v) is 14.0. The van der Waals surface area contributed by atoms with Crippen molar-refractivity contribution in [3.63, 3.8) is 0 Å². The zero-order chi connectivity index (χ0) is 32.5. The number of aromatic hydroxyl groups is 1. The summed E-state index contributed by atoms with van der Waals surface area (Å²) in [6.07, 6.45) is 3.84. The van der Waals surface area contributed by atoms with Crippen LogP contribution >= 0.6 is 0 Å². The fourth-order valence-electron chi connectivity index (χ4n) is 4.76.